The van der Waals surface area contributed by atoms with Gasteiger partial charge in [0.2, 0.25) is 0 Å². The first kappa shape index (κ1) is 15.5. The van der Waals surface area contributed by atoms with Crippen molar-refractivity contribution in [1.82, 2.24) is 5.32 Å². The zero-order chi connectivity index (χ0) is 13.5. The van der Waals surface area contributed by atoms with Crippen molar-refractivity contribution in [1.29, 1.82) is 5.26 Å². The topological polar surface area (TPSA) is 56.0 Å². The van der Waals surface area contributed by atoms with E-state index in [1.807, 2.05) is 0 Å². The quantitative estimate of drug-likeness (QED) is 0.732. The summed E-state index contributed by atoms with van der Waals surface area (Å²) in [5.74, 6) is 0. The molecule has 0 unspecified atom stereocenters. The van der Waals surface area contributed by atoms with Crippen molar-refractivity contribution in [3.05, 3.63) is 0 Å². The van der Waals surface area contributed by atoms with E-state index in [-0.39, 0.29) is 10.8 Å². The van der Waals surface area contributed by atoms with Gasteiger partial charge in [-0.1, -0.05) is 33.1 Å². The third-order valence-electron chi connectivity index (χ3n) is 4.27. The van der Waals surface area contributed by atoms with Crippen LogP contribution in [0.25, 0.3) is 0 Å². The Kier molecular flexibility index (Phi) is 6.11. The second-order valence-corrected chi connectivity index (χ2v) is 6.64. The molecule has 1 fully saturated rings. The molecule has 2 N–H and O–H groups in total. The summed E-state index contributed by atoms with van der Waals surface area (Å²) < 4.78 is 0. The molecule has 0 aromatic heterocycles. The van der Waals surface area contributed by atoms with Crippen LogP contribution < -0.4 is 5.32 Å². The summed E-state index contributed by atoms with van der Waals surface area (Å²) in [6.07, 6.45) is 7.67. The second-order valence-electron chi connectivity index (χ2n) is 6.64. The zero-order valence-electron chi connectivity index (χ0n) is 12.0. The molecule has 0 saturated heterocycles. The molecule has 0 radical (unpaired) electrons. The number of nitriles is 1. The van der Waals surface area contributed by atoms with Crippen LogP contribution in [0.3, 0.4) is 0 Å². The predicted octanol–water partition coefficient (Wildman–Crippen LogP) is 2.85. The van der Waals surface area contributed by atoms with Gasteiger partial charge in [-0.3, -0.25) is 0 Å². The van der Waals surface area contributed by atoms with Gasteiger partial charge in [-0.2, -0.15) is 5.26 Å². The standard InChI is InChI=1S/C15H28N2O/c1-14(2,7-6-10-16)11-17-12-15(13-18)8-4-3-5-9-15/h17-18H,3-9,11-13H2,1-2H3. The molecule has 0 spiro atoms. The Morgan fingerprint density at radius 2 is 1.94 bits per heavy atom. The minimum Gasteiger partial charge on any atom is -0.396 e. The molecule has 3 nitrogen and oxygen atoms in total. The van der Waals surface area contributed by atoms with Gasteiger partial charge in [-0.15, -0.1) is 0 Å². The highest BCUT2D eigenvalue weighted by Crippen LogP contribution is 2.35. The number of nitrogens with one attached hydrogen (secondary N) is 1. The molecular formula is C15H28N2O. The molecule has 3 heteroatoms. The monoisotopic (exact) mass is 252 g/mol. The molecule has 0 amide bonds. The van der Waals surface area contributed by atoms with Gasteiger partial charge < -0.3 is 10.4 Å². The largest absolute Gasteiger partial charge is 0.396 e. The summed E-state index contributed by atoms with van der Waals surface area (Å²) in [5.41, 5.74) is 0.282. The molecular weight excluding hydrogens is 224 g/mol. The number of hydrogen-bond donors (Lipinski definition) is 2. The summed E-state index contributed by atoms with van der Waals surface area (Å²) in [7, 11) is 0. The normalized spacial score (nSPS) is 19.4. The lowest BCUT2D eigenvalue weighted by molar-refractivity contribution is 0.0783. The maximum atomic E-state index is 9.63. The molecule has 0 aliphatic heterocycles. The molecule has 0 aromatic carbocycles. The summed E-state index contributed by atoms with van der Waals surface area (Å²) in [5, 5.41) is 21.8. The smallest absolute Gasteiger partial charge is 0.0621 e. The van der Waals surface area contributed by atoms with Crippen LogP contribution in [0.1, 0.15) is 58.8 Å². The van der Waals surface area contributed by atoms with Crippen molar-refractivity contribution in [2.75, 3.05) is 19.7 Å². The summed E-state index contributed by atoms with van der Waals surface area (Å²) in [6, 6.07) is 2.21. The fourth-order valence-corrected chi connectivity index (χ4v) is 2.84. The Morgan fingerprint density at radius 3 is 2.50 bits per heavy atom. The number of aliphatic hydroxyl groups excluding tert-OH is 1. The lowest BCUT2D eigenvalue weighted by Gasteiger charge is -2.37. The van der Waals surface area contributed by atoms with Crippen LogP contribution >= 0.6 is 0 Å². The lowest BCUT2D eigenvalue weighted by atomic mass is 9.74. The van der Waals surface area contributed by atoms with Crippen LogP contribution in [0, 0.1) is 22.2 Å². The Balaban J connectivity index is 2.32. The first-order valence-corrected chi connectivity index (χ1v) is 7.22. The number of aliphatic hydroxyl groups is 1. The average Bonchev–Trinajstić information content (AvgIpc) is 2.37. The molecule has 1 aliphatic rings. The van der Waals surface area contributed by atoms with E-state index in [4.69, 9.17) is 5.26 Å². The maximum Gasteiger partial charge on any atom is 0.0621 e. The van der Waals surface area contributed by atoms with Gasteiger partial charge >= 0.3 is 0 Å². The van der Waals surface area contributed by atoms with E-state index < -0.39 is 0 Å². The van der Waals surface area contributed by atoms with Gasteiger partial charge in [-0.05, 0) is 24.7 Å². The van der Waals surface area contributed by atoms with Crippen molar-refractivity contribution in [3.63, 3.8) is 0 Å². The fraction of sp³-hybridized carbons (Fsp3) is 0.933. The van der Waals surface area contributed by atoms with Crippen LogP contribution in [0.2, 0.25) is 0 Å². The molecule has 18 heavy (non-hydrogen) atoms. The Bertz CT molecular complexity index is 275. The van der Waals surface area contributed by atoms with Gasteiger partial charge in [0.1, 0.15) is 0 Å². The van der Waals surface area contributed by atoms with Crippen molar-refractivity contribution >= 4 is 0 Å². The minimum atomic E-state index is 0.115. The van der Waals surface area contributed by atoms with Crippen molar-refractivity contribution in [2.45, 2.75) is 58.8 Å². The molecule has 0 heterocycles. The molecule has 0 aromatic rings. The predicted molar refractivity (Wildman–Crippen MR) is 74.1 cm³/mol. The van der Waals surface area contributed by atoms with E-state index in [0.29, 0.717) is 13.0 Å². The highest BCUT2D eigenvalue weighted by molar-refractivity contribution is 4.86. The SMILES string of the molecule is CC(C)(CCC#N)CNCC1(CO)CCCCC1. The van der Waals surface area contributed by atoms with Gasteiger partial charge in [0.25, 0.3) is 0 Å². The van der Waals surface area contributed by atoms with Gasteiger partial charge in [0.15, 0.2) is 0 Å². The molecule has 0 bridgehead atoms. The second kappa shape index (κ2) is 7.11. The van der Waals surface area contributed by atoms with Crippen LogP contribution in [0.4, 0.5) is 0 Å². The Hall–Kier alpha value is -0.590. The lowest BCUT2D eigenvalue weighted by Crippen LogP contribution is -2.42. The van der Waals surface area contributed by atoms with E-state index in [0.717, 1.165) is 32.4 Å². The summed E-state index contributed by atoms with van der Waals surface area (Å²) in [4.78, 5) is 0. The Morgan fingerprint density at radius 1 is 1.28 bits per heavy atom. The maximum absolute atomic E-state index is 9.63. The number of nitrogens with zero attached hydrogens (tertiary/aromatic N) is 1. The van der Waals surface area contributed by atoms with Crippen LogP contribution in [-0.4, -0.2) is 24.8 Å². The fourth-order valence-electron chi connectivity index (χ4n) is 2.84. The van der Waals surface area contributed by atoms with E-state index in [1.54, 1.807) is 0 Å². The van der Waals surface area contributed by atoms with Gasteiger partial charge in [0.05, 0.1) is 6.07 Å². The Labute approximate surface area is 112 Å². The molecule has 0 atom stereocenters. The molecule has 1 saturated carbocycles. The highest BCUT2D eigenvalue weighted by atomic mass is 16.3. The van der Waals surface area contributed by atoms with E-state index in [9.17, 15) is 5.11 Å². The van der Waals surface area contributed by atoms with Crippen LogP contribution in [-0.2, 0) is 0 Å². The molecule has 1 rings (SSSR count). The molecule has 1 aliphatic carbocycles. The van der Waals surface area contributed by atoms with Crippen LogP contribution in [0.5, 0.6) is 0 Å². The average molecular weight is 252 g/mol. The zero-order valence-corrected chi connectivity index (χ0v) is 12.0. The minimum absolute atomic E-state index is 0.115. The third-order valence-corrected chi connectivity index (χ3v) is 4.27. The summed E-state index contributed by atoms with van der Waals surface area (Å²) >= 11 is 0. The van der Waals surface area contributed by atoms with E-state index >= 15 is 0 Å². The van der Waals surface area contributed by atoms with Crippen LogP contribution in [0.15, 0.2) is 0 Å². The van der Waals surface area contributed by atoms with Crippen molar-refractivity contribution in [3.8, 4) is 6.07 Å². The van der Waals surface area contributed by atoms with E-state index in [1.165, 1.54) is 19.3 Å². The molecule has 104 valence electrons. The third kappa shape index (κ3) is 4.96. The van der Waals surface area contributed by atoms with Gasteiger partial charge in [0, 0.05) is 31.5 Å². The van der Waals surface area contributed by atoms with Crippen molar-refractivity contribution < 1.29 is 5.11 Å². The first-order valence-electron chi connectivity index (χ1n) is 7.22. The van der Waals surface area contributed by atoms with Gasteiger partial charge in [-0.25, -0.2) is 0 Å². The van der Waals surface area contributed by atoms with Crippen molar-refractivity contribution in [2.24, 2.45) is 10.8 Å². The van der Waals surface area contributed by atoms with E-state index in [2.05, 4.69) is 25.2 Å². The summed E-state index contributed by atoms with van der Waals surface area (Å²) in [6.45, 7) is 6.54. The number of rotatable bonds is 7. The highest BCUT2D eigenvalue weighted by Gasteiger charge is 2.31. The number of hydrogen-bond acceptors (Lipinski definition) is 3. The first-order chi connectivity index (χ1) is 8.54.